The molecule has 0 aromatic rings. The number of hydrogen-bond acceptors (Lipinski definition) is 1. The van der Waals surface area contributed by atoms with Gasteiger partial charge in [-0.05, 0) is 19.3 Å². The summed E-state index contributed by atoms with van der Waals surface area (Å²) in [5, 5.41) is 0. The van der Waals surface area contributed by atoms with Crippen molar-refractivity contribution in [1.82, 2.24) is 0 Å². The van der Waals surface area contributed by atoms with Gasteiger partial charge in [-0.2, -0.15) is 0 Å². The first kappa shape index (κ1) is 11.3. The Morgan fingerprint density at radius 1 is 1.15 bits per heavy atom. The van der Waals surface area contributed by atoms with Gasteiger partial charge >= 0.3 is 0 Å². The van der Waals surface area contributed by atoms with Gasteiger partial charge in [-0.3, -0.25) is 0 Å². The minimum atomic E-state index is -0.325. The van der Waals surface area contributed by atoms with Crippen molar-refractivity contribution in [1.29, 1.82) is 0 Å². The third kappa shape index (κ3) is 5.48. The van der Waals surface area contributed by atoms with E-state index in [1.54, 1.807) is 0 Å². The van der Waals surface area contributed by atoms with Crippen molar-refractivity contribution in [2.75, 3.05) is 6.61 Å². The molecule has 0 spiro atoms. The molecule has 0 aromatic heterocycles. The molecular weight excluding hydrogens is 176 g/mol. The van der Waals surface area contributed by atoms with Crippen LogP contribution in [0.5, 0.6) is 0 Å². The zero-order valence-corrected chi connectivity index (χ0v) is 10.4. The lowest BCUT2D eigenvalue weighted by Crippen LogP contribution is -2.17. The lowest BCUT2D eigenvalue weighted by molar-refractivity contribution is 0.0288. The van der Waals surface area contributed by atoms with E-state index in [4.69, 9.17) is 4.74 Å². The maximum Gasteiger partial charge on any atom is 0.0575 e. The Labute approximate surface area is 84.5 Å². The molecule has 2 heteroatoms. The van der Waals surface area contributed by atoms with Gasteiger partial charge in [-0.25, -0.2) is 0 Å². The standard InChI is InChI=1S/C11H24OSi/c1-13(2)10-6-9-12-11-7-4-3-5-8-11/h11,13H,3-10H2,1-2H3. The molecule has 0 saturated heterocycles. The van der Waals surface area contributed by atoms with Gasteiger partial charge in [0.05, 0.1) is 6.10 Å². The second kappa shape index (κ2) is 6.60. The fourth-order valence-electron chi connectivity index (χ4n) is 1.97. The Morgan fingerprint density at radius 2 is 1.85 bits per heavy atom. The van der Waals surface area contributed by atoms with Crippen LogP contribution < -0.4 is 0 Å². The molecule has 1 rings (SSSR count). The highest BCUT2D eigenvalue weighted by Gasteiger charge is 2.12. The van der Waals surface area contributed by atoms with Gasteiger partial charge < -0.3 is 4.74 Å². The van der Waals surface area contributed by atoms with Crippen molar-refractivity contribution in [3.05, 3.63) is 0 Å². The Kier molecular flexibility index (Phi) is 5.72. The first-order valence-corrected chi connectivity index (χ1v) is 9.03. The first-order chi connectivity index (χ1) is 6.29. The first-order valence-electron chi connectivity index (χ1n) is 5.90. The molecule has 1 fully saturated rings. The van der Waals surface area contributed by atoms with Gasteiger partial charge in [0.25, 0.3) is 0 Å². The van der Waals surface area contributed by atoms with Crippen LogP contribution in [0.3, 0.4) is 0 Å². The molecule has 0 bridgehead atoms. The van der Waals surface area contributed by atoms with E-state index < -0.39 is 0 Å². The van der Waals surface area contributed by atoms with Crippen molar-refractivity contribution in [3.8, 4) is 0 Å². The fourth-order valence-corrected chi connectivity index (χ4v) is 2.96. The van der Waals surface area contributed by atoms with Gasteiger partial charge in [0.15, 0.2) is 0 Å². The Bertz CT molecular complexity index is 119. The van der Waals surface area contributed by atoms with Crippen molar-refractivity contribution >= 4 is 8.80 Å². The highest BCUT2D eigenvalue weighted by Crippen LogP contribution is 2.20. The summed E-state index contributed by atoms with van der Waals surface area (Å²) in [6, 6.07) is 1.45. The molecule has 1 saturated carbocycles. The van der Waals surface area contributed by atoms with Crippen LogP contribution in [-0.4, -0.2) is 21.5 Å². The number of ether oxygens (including phenoxy) is 1. The molecule has 0 atom stereocenters. The molecule has 1 aliphatic carbocycles. The summed E-state index contributed by atoms with van der Waals surface area (Å²) in [7, 11) is -0.325. The van der Waals surface area contributed by atoms with Crippen LogP contribution in [0, 0.1) is 0 Å². The van der Waals surface area contributed by atoms with Crippen molar-refractivity contribution in [2.24, 2.45) is 0 Å². The summed E-state index contributed by atoms with van der Waals surface area (Å²) in [6.07, 6.45) is 8.77. The summed E-state index contributed by atoms with van der Waals surface area (Å²) in [4.78, 5) is 0. The van der Waals surface area contributed by atoms with Crippen LogP contribution in [0.4, 0.5) is 0 Å². The largest absolute Gasteiger partial charge is 0.378 e. The van der Waals surface area contributed by atoms with E-state index in [0.717, 1.165) is 6.61 Å². The Hall–Kier alpha value is 0.177. The molecule has 0 radical (unpaired) electrons. The normalized spacial score (nSPS) is 19.6. The van der Waals surface area contributed by atoms with Crippen LogP contribution in [0.25, 0.3) is 0 Å². The maximum atomic E-state index is 5.86. The van der Waals surface area contributed by atoms with Gasteiger partial charge in [-0.1, -0.05) is 38.4 Å². The summed E-state index contributed by atoms with van der Waals surface area (Å²) in [6.45, 7) is 5.86. The van der Waals surface area contributed by atoms with Crippen LogP contribution >= 0.6 is 0 Å². The molecule has 0 aromatic carbocycles. The third-order valence-electron chi connectivity index (χ3n) is 2.83. The highest BCUT2D eigenvalue weighted by molar-refractivity contribution is 6.55. The Morgan fingerprint density at radius 3 is 2.46 bits per heavy atom. The number of hydrogen-bond donors (Lipinski definition) is 0. The van der Waals surface area contributed by atoms with E-state index in [1.807, 2.05) is 0 Å². The summed E-state index contributed by atoms with van der Waals surface area (Å²) >= 11 is 0. The molecular formula is C11H24OSi. The van der Waals surface area contributed by atoms with Crippen LogP contribution in [0.1, 0.15) is 38.5 Å². The summed E-state index contributed by atoms with van der Waals surface area (Å²) < 4.78 is 5.86. The van der Waals surface area contributed by atoms with Gasteiger partial charge in [0, 0.05) is 15.4 Å². The second-order valence-electron chi connectivity index (χ2n) is 4.67. The Balaban J connectivity index is 1.92. The maximum absolute atomic E-state index is 5.86. The predicted octanol–water partition coefficient (Wildman–Crippen LogP) is 3.21. The van der Waals surface area contributed by atoms with E-state index in [1.165, 1.54) is 44.6 Å². The fraction of sp³-hybridized carbons (Fsp3) is 1.00. The molecule has 1 aliphatic rings. The van der Waals surface area contributed by atoms with Gasteiger partial charge in [0.2, 0.25) is 0 Å². The predicted molar refractivity (Wildman–Crippen MR) is 61.1 cm³/mol. The minimum Gasteiger partial charge on any atom is -0.378 e. The molecule has 13 heavy (non-hydrogen) atoms. The smallest absolute Gasteiger partial charge is 0.0575 e. The third-order valence-corrected chi connectivity index (χ3v) is 4.39. The van der Waals surface area contributed by atoms with Crippen LogP contribution in [0.15, 0.2) is 0 Å². The lowest BCUT2D eigenvalue weighted by atomic mass is 9.98. The number of rotatable bonds is 5. The van der Waals surface area contributed by atoms with Crippen molar-refractivity contribution < 1.29 is 4.74 Å². The second-order valence-corrected chi connectivity index (χ2v) is 8.03. The molecule has 0 unspecified atom stereocenters. The highest BCUT2D eigenvalue weighted by atomic mass is 28.3. The summed E-state index contributed by atoms with van der Waals surface area (Å²) in [5.74, 6) is 0. The van der Waals surface area contributed by atoms with Crippen molar-refractivity contribution in [2.45, 2.75) is 63.8 Å². The van der Waals surface area contributed by atoms with Crippen LogP contribution in [0.2, 0.25) is 19.1 Å². The van der Waals surface area contributed by atoms with Gasteiger partial charge in [0.1, 0.15) is 0 Å². The lowest BCUT2D eigenvalue weighted by Gasteiger charge is -2.22. The minimum absolute atomic E-state index is 0.325. The average Bonchev–Trinajstić information content (AvgIpc) is 2.14. The van der Waals surface area contributed by atoms with E-state index in [0.29, 0.717) is 6.10 Å². The molecule has 0 aliphatic heterocycles. The SMILES string of the molecule is C[SiH](C)CCCOC1CCCCC1. The molecule has 78 valence electrons. The van der Waals surface area contributed by atoms with E-state index in [-0.39, 0.29) is 8.80 Å². The van der Waals surface area contributed by atoms with Crippen molar-refractivity contribution in [3.63, 3.8) is 0 Å². The van der Waals surface area contributed by atoms with Gasteiger partial charge in [-0.15, -0.1) is 0 Å². The topological polar surface area (TPSA) is 9.23 Å². The van der Waals surface area contributed by atoms with E-state index in [2.05, 4.69) is 13.1 Å². The molecule has 0 N–H and O–H groups in total. The average molecular weight is 200 g/mol. The quantitative estimate of drug-likeness (QED) is 0.489. The molecule has 0 heterocycles. The van der Waals surface area contributed by atoms with E-state index in [9.17, 15) is 0 Å². The zero-order valence-electron chi connectivity index (χ0n) is 9.22. The zero-order chi connectivity index (χ0) is 9.52. The van der Waals surface area contributed by atoms with E-state index >= 15 is 0 Å². The van der Waals surface area contributed by atoms with Crippen LogP contribution in [-0.2, 0) is 4.74 Å². The summed E-state index contributed by atoms with van der Waals surface area (Å²) in [5.41, 5.74) is 0. The molecule has 1 nitrogen and oxygen atoms in total. The monoisotopic (exact) mass is 200 g/mol. The molecule has 0 amide bonds.